The number of aromatic nitrogens is 1. The molecule has 0 spiro atoms. The Morgan fingerprint density at radius 1 is 1.18 bits per heavy atom. The Balaban J connectivity index is 2.42. The number of anilines is 1. The summed E-state index contributed by atoms with van der Waals surface area (Å²) in [4.78, 5) is 3.78. The first-order valence-corrected chi connectivity index (χ1v) is 6.18. The Hall–Kier alpha value is -0.980. The molecule has 0 aromatic carbocycles. The van der Waals surface area contributed by atoms with Crippen LogP contribution in [-0.2, 0) is 0 Å². The van der Waals surface area contributed by atoms with Gasteiger partial charge in [0, 0.05) is 18.8 Å². The molecule has 94 valence electrons. The average Bonchev–Trinajstić information content (AvgIpc) is 2.80. The monoisotopic (exact) mass is 266 g/mol. The van der Waals surface area contributed by atoms with Gasteiger partial charge in [-0.15, -0.1) is 0 Å². The van der Waals surface area contributed by atoms with Crippen LogP contribution in [-0.4, -0.2) is 29.6 Å². The highest BCUT2D eigenvalue weighted by Gasteiger charge is 2.29. The van der Waals surface area contributed by atoms with Gasteiger partial charge in [0.1, 0.15) is 5.69 Å². The highest BCUT2D eigenvalue weighted by Crippen LogP contribution is 2.31. The third kappa shape index (κ3) is 2.20. The highest BCUT2D eigenvalue weighted by atomic mass is 32.2. The second-order valence-electron chi connectivity index (χ2n) is 3.80. The van der Waals surface area contributed by atoms with Gasteiger partial charge in [0.05, 0.1) is 0 Å². The molecule has 0 saturated carbocycles. The zero-order chi connectivity index (χ0) is 12.6. The van der Waals surface area contributed by atoms with E-state index in [1.807, 2.05) is 0 Å². The standard InChI is InChI=1S/C10H10F4N2S/c1-16(5-2-3-17-4-5)8-6(11)9(13)15-10(14)7(8)12/h5H,2-4H2,1H3. The molecule has 1 aromatic heterocycles. The van der Waals surface area contributed by atoms with E-state index in [0.717, 1.165) is 12.2 Å². The molecule has 1 aromatic rings. The zero-order valence-electron chi connectivity index (χ0n) is 9.01. The maximum Gasteiger partial charge on any atom is 0.253 e. The largest absolute Gasteiger partial charge is 0.366 e. The minimum Gasteiger partial charge on any atom is -0.366 e. The van der Waals surface area contributed by atoms with Crippen molar-refractivity contribution in [3.63, 3.8) is 0 Å². The fourth-order valence-corrected chi connectivity index (χ4v) is 3.06. The van der Waals surface area contributed by atoms with Gasteiger partial charge in [0.2, 0.25) is 11.6 Å². The lowest BCUT2D eigenvalue weighted by Crippen LogP contribution is -2.33. The van der Waals surface area contributed by atoms with Crippen molar-refractivity contribution >= 4 is 17.4 Å². The molecule has 17 heavy (non-hydrogen) atoms. The van der Waals surface area contributed by atoms with Crippen molar-refractivity contribution in [1.29, 1.82) is 0 Å². The van der Waals surface area contributed by atoms with Gasteiger partial charge >= 0.3 is 0 Å². The number of hydrogen-bond donors (Lipinski definition) is 0. The van der Waals surface area contributed by atoms with Crippen LogP contribution < -0.4 is 4.90 Å². The van der Waals surface area contributed by atoms with Gasteiger partial charge in [-0.05, 0) is 12.2 Å². The van der Waals surface area contributed by atoms with Crippen molar-refractivity contribution in [1.82, 2.24) is 4.98 Å². The third-order valence-corrected chi connectivity index (χ3v) is 3.93. The number of nitrogens with zero attached hydrogens (tertiary/aromatic N) is 2. The molecule has 1 saturated heterocycles. The maximum atomic E-state index is 13.5. The number of halogens is 4. The molecule has 1 atom stereocenters. The molecule has 0 N–H and O–H groups in total. The predicted molar refractivity (Wildman–Crippen MR) is 58.2 cm³/mol. The maximum absolute atomic E-state index is 13.5. The quantitative estimate of drug-likeness (QED) is 0.604. The number of hydrogen-bond acceptors (Lipinski definition) is 3. The first kappa shape index (κ1) is 12.5. The smallest absolute Gasteiger partial charge is 0.253 e. The van der Waals surface area contributed by atoms with Crippen LogP contribution in [0.2, 0.25) is 0 Å². The molecule has 0 radical (unpaired) electrons. The lowest BCUT2D eigenvalue weighted by atomic mass is 10.2. The van der Waals surface area contributed by atoms with Crippen molar-refractivity contribution < 1.29 is 17.6 Å². The van der Waals surface area contributed by atoms with Gasteiger partial charge in [-0.1, -0.05) is 0 Å². The Morgan fingerprint density at radius 2 is 1.76 bits per heavy atom. The van der Waals surface area contributed by atoms with Crippen LogP contribution in [0.15, 0.2) is 0 Å². The summed E-state index contributed by atoms with van der Waals surface area (Å²) in [5, 5.41) is 0. The summed E-state index contributed by atoms with van der Waals surface area (Å²) in [6, 6.07) is -0.120. The van der Waals surface area contributed by atoms with Gasteiger partial charge in [-0.2, -0.15) is 34.3 Å². The molecule has 0 amide bonds. The highest BCUT2D eigenvalue weighted by molar-refractivity contribution is 7.99. The second-order valence-corrected chi connectivity index (χ2v) is 4.95. The summed E-state index contributed by atoms with van der Waals surface area (Å²) in [7, 11) is 1.43. The van der Waals surface area contributed by atoms with Crippen LogP contribution in [0.25, 0.3) is 0 Å². The Kier molecular flexibility index (Phi) is 3.46. The van der Waals surface area contributed by atoms with Crippen LogP contribution in [0.1, 0.15) is 6.42 Å². The van der Waals surface area contributed by atoms with E-state index in [0.29, 0.717) is 5.75 Å². The summed E-state index contributed by atoms with van der Waals surface area (Å²) < 4.78 is 52.8. The second kappa shape index (κ2) is 4.72. The lowest BCUT2D eigenvalue weighted by Gasteiger charge is -2.26. The molecule has 0 bridgehead atoms. The fraction of sp³-hybridized carbons (Fsp3) is 0.500. The van der Waals surface area contributed by atoms with Gasteiger partial charge in [-0.3, -0.25) is 0 Å². The van der Waals surface area contributed by atoms with Crippen LogP contribution >= 0.6 is 11.8 Å². The molecule has 1 fully saturated rings. The first-order chi connectivity index (χ1) is 8.02. The van der Waals surface area contributed by atoms with Crippen LogP contribution in [0.3, 0.4) is 0 Å². The number of rotatable bonds is 2. The summed E-state index contributed by atoms with van der Waals surface area (Å²) in [6.07, 6.45) is 0.728. The Bertz CT molecular complexity index is 409. The van der Waals surface area contributed by atoms with E-state index < -0.39 is 29.2 Å². The molecule has 1 unspecified atom stereocenters. The van der Waals surface area contributed by atoms with Gasteiger partial charge in [0.25, 0.3) is 11.9 Å². The Labute approximate surface area is 100 Å². The normalized spacial score (nSPS) is 19.7. The van der Waals surface area contributed by atoms with Crippen LogP contribution in [0.4, 0.5) is 23.2 Å². The molecule has 7 heteroatoms. The van der Waals surface area contributed by atoms with E-state index in [1.54, 1.807) is 11.8 Å². The van der Waals surface area contributed by atoms with E-state index in [9.17, 15) is 17.6 Å². The summed E-state index contributed by atoms with van der Waals surface area (Å²) in [5.74, 6) is -4.56. The average molecular weight is 266 g/mol. The van der Waals surface area contributed by atoms with Crippen molar-refractivity contribution in [2.45, 2.75) is 12.5 Å². The Morgan fingerprint density at radius 3 is 2.24 bits per heavy atom. The molecule has 2 rings (SSSR count). The van der Waals surface area contributed by atoms with Crippen molar-refractivity contribution in [3.05, 3.63) is 23.5 Å². The molecule has 1 aliphatic heterocycles. The van der Waals surface area contributed by atoms with Gasteiger partial charge in [-0.25, -0.2) is 0 Å². The van der Waals surface area contributed by atoms with Crippen LogP contribution in [0, 0.1) is 23.5 Å². The molecule has 2 nitrogen and oxygen atoms in total. The van der Waals surface area contributed by atoms with Crippen molar-refractivity contribution in [2.75, 3.05) is 23.5 Å². The van der Waals surface area contributed by atoms with Crippen LogP contribution in [0.5, 0.6) is 0 Å². The fourth-order valence-electron chi connectivity index (χ4n) is 1.80. The van der Waals surface area contributed by atoms with E-state index in [1.165, 1.54) is 11.9 Å². The van der Waals surface area contributed by atoms with E-state index in [-0.39, 0.29) is 6.04 Å². The van der Waals surface area contributed by atoms with Crippen molar-refractivity contribution in [2.24, 2.45) is 0 Å². The van der Waals surface area contributed by atoms with E-state index in [4.69, 9.17) is 0 Å². The third-order valence-electron chi connectivity index (χ3n) is 2.78. The van der Waals surface area contributed by atoms with Gasteiger partial charge < -0.3 is 4.90 Å². The molecule has 1 aliphatic rings. The number of thioether (sulfide) groups is 1. The molecule has 2 heterocycles. The minimum atomic E-state index is -1.61. The number of pyridine rings is 1. The first-order valence-electron chi connectivity index (χ1n) is 5.03. The molecular weight excluding hydrogens is 256 g/mol. The molecular formula is C10H10F4N2S. The lowest BCUT2D eigenvalue weighted by molar-refractivity contribution is 0.405. The summed E-state index contributed by atoms with van der Waals surface area (Å²) >= 11 is 1.64. The molecule has 0 aliphatic carbocycles. The predicted octanol–water partition coefficient (Wildman–Crippen LogP) is 2.58. The van der Waals surface area contributed by atoms with E-state index in [2.05, 4.69) is 4.98 Å². The zero-order valence-corrected chi connectivity index (χ0v) is 9.83. The van der Waals surface area contributed by atoms with Crippen molar-refractivity contribution in [3.8, 4) is 0 Å². The topological polar surface area (TPSA) is 16.1 Å². The van der Waals surface area contributed by atoms with E-state index >= 15 is 0 Å². The SMILES string of the molecule is CN(c1c(F)c(F)nc(F)c1F)C1CCSC1. The van der Waals surface area contributed by atoms with Gasteiger partial charge in [0.15, 0.2) is 0 Å². The summed E-state index contributed by atoms with van der Waals surface area (Å²) in [5.41, 5.74) is -0.678. The minimum absolute atomic E-state index is 0.120. The summed E-state index contributed by atoms with van der Waals surface area (Å²) in [6.45, 7) is 0.